The maximum Gasteiger partial charge on any atom is 0.0991 e. The summed E-state index contributed by atoms with van der Waals surface area (Å²) in [5, 5.41) is 8.80. The zero-order valence-corrected chi connectivity index (χ0v) is 12.0. The Bertz CT molecular complexity index is 432. The number of anilines is 1. The van der Waals surface area contributed by atoms with Crippen LogP contribution in [0.15, 0.2) is 24.3 Å². The van der Waals surface area contributed by atoms with Crippen molar-refractivity contribution in [1.29, 1.82) is 5.26 Å². The van der Waals surface area contributed by atoms with Gasteiger partial charge in [0.15, 0.2) is 0 Å². The second-order valence-electron chi connectivity index (χ2n) is 5.50. The Morgan fingerprint density at radius 3 is 2.68 bits per heavy atom. The summed E-state index contributed by atoms with van der Waals surface area (Å²) in [6.07, 6.45) is 5.26. The normalized spacial score (nSPS) is 19.9. The van der Waals surface area contributed by atoms with Gasteiger partial charge in [-0.25, -0.2) is 0 Å². The van der Waals surface area contributed by atoms with Crippen LogP contribution in [-0.4, -0.2) is 38.1 Å². The number of likely N-dealkylation sites (tertiary alicyclic amines) is 1. The van der Waals surface area contributed by atoms with Crippen LogP contribution in [-0.2, 0) is 0 Å². The number of nitrogens with zero attached hydrogens (tertiary/aromatic N) is 3. The van der Waals surface area contributed by atoms with Gasteiger partial charge in [-0.05, 0) is 57.1 Å². The number of piperidine rings is 1. The number of benzene rings is 1. The standard InChI is InChI=1S/C16H23N3/c1-18-11-4-3-5-15(18)10-12-19(2)16-8-6-14(13-17)7-9-16/h6-9,15H,3-5,10-12H2,1-2H3. The molecule has 1 aromatic rings. The van der Waals surface area contributed by atoms with E-state index < -0.39 is 0 Å². The van der Waals surface area contributed by atoms with E-state index in [1.165, 1.54) is 37.9 Å². The van der Waals surface area contributed by atoms with Crippen molar-refractivity contribution >= 4 is 5.69 Å². The van der Waals surface area contributed by atoms with Crippen LogP contribution in [0, 0.1) is 11.3 Å². The van der Waals surface area contributed by atoms with Gasteiger partial charge in [-0.3, -0.25) is 0 Å². The van der Waals surface area contributed by atoms with E-state index in [-0.39, 0.29) is 0 Å². The van der Waals surface area contributed by atoms with Crippen molar-refractivity contribution in [3.8, 4) is 6.07 Å². The molecule has 3 heteroatoms. The lowest BCUT2D eigenvalue weighted by Crippen LogP contribution is -2.38. The van der Waals surface area contributed by atoms with Gasteiger partial charge in [0.2, 0.25) is 0 Å². The zero-order valence-electron chi connectivity index (χ0n) is 12.0. The molecule has 1 aliphatic heterocycles. The first kappa shape index (κ1) is 13.9. The summed E-state index contributed by atoms with van der Waals surface area (Å²) in [4.78, 5) is 4.78. The van der Waals surface area contributed by atoms with Gasteiger partial charge in [0.1, 0.15) is 0 Å². The van der Waals surface area contributed by atoms with Crippen molar-refractivity contribution in [3.05, 3.63) is 29.8 Å². The van der Waals surface area contributed by atoms with E-state index in [1.54, 1.807) is 0 Å². The Morgan fingerprint density at radius 2 is 2.05 bits per heavy atom. The Morgan fingerprint density at radius 1 is 1.32 bits per heavy atom. The van der Waals surface area contributed by atoms with Gasteiger partial charge in [-0.2, -0.15) is 5.26 Å². The maximum atomic E-state index is 8.80. The van der Waals surface area contributed by atoms with Crippen molar-refractivity contribution in [3.63, 3.8) is 0 Å². The van der Waals surface area contributed by atoms with Crippen LogP contribution in [0.3, 0.4) is 0 Å². The molecule has 102 valence electrons. The third-order valence-corrected chi connectivity index (χ3v) is 4.16. The van der Waals surface area contributed by atoms with E-state index in [0.29, 0.717) is 0 Å². The first-order valence-corrected chi connectivity index (χ1v) is 7.12. The lowest BCUT2D eigenvalue weighted by Gasteiger charge is -2.33. The van der Waals surface area contributed by atoms with Crippen LogP contribution in [0.2, 0.25) is 0 Å². The number of hydrogen-bond donors (Lipinski definition) is 0. The number of nitriles is 1. The summed E-state index contributed by atoms with van der Waals surface area (Å²) in [7, 11) is 4.37. The Balaban J connectivity index is 1.86. The monoisotopic (exact) mass is 257 g/mol. The average Bonchev–Trinajstić information content (AvgIpc) is 2.46. The highest BCUT2D eigenvalue weighted by Gasteiger charge is 2.18. The average molecular weight is 257 g/mol. The van der Waals surface area contributed by atoms with E-state index in [2.05, 4.69) is 30.0 Å². The molecule has 0 radical (unpaired) electrons. The minimum atomic E-state index is 0.726. The van der Waals surface area contributed by atoms with Crippen LogP contribution in [0.4, 0.5) is 5.69 Å². The molecule has 2 rings (SSSR count). The Hall–Kier alpha value is -1.53. The molecule has 0 spiro atoms. The molecule has 0 saturated carbocycles. The first-order valence-electron chi connectivity index (χ1n) is 7.12. The molecule has 1 saturated heterocycles. The minimum absolute atomic E-state index is 0.726. The predicted molar refractivity (Wildman–Crippen MR) is 79.3 cm³/mol. The van der Waals surface area contributed by atoms with Gasteiger partial charge in [0, 0.05) is 25.3 Å². The van der Waals surface area contributed by atoms with Gasteiger partial charge in [-0.15, -0.1) is 0 Å². The van der Waals surface area contributed by atoms with Crippen LogP contribution in [0.25, 0.3) is 0 Å². The van der Waals surface area contributed by atoms with E-state index in [1.807, 2.05) is 24.3 Å². The predicted octanol–water partition coefficient (Wildman–Crippen LogP) is 2.87. The topological polar surface area (TPSA) is 30.3 Å². The second-order valence-corrected chi connectivity index (χ2v) is 5.50. The van der Waals surface area contributed by atoms with E-state index in [9.17, 15) is 0 Å². The number of rotatable bonds is 4. The van der Waals surface area contributed by atoms with Crippen molar-refractivity contribution in [2.45, 2.75) is 31.7 Å². The van der Waals surface area contributed by atoms with E-state index in [0.717, 1.165) is 18.2 Å². The quantitative estimate of drug-likeness (QED) is 0.831. The highest BCUT2D eigenvalue weighted by Crippen LogP contribution is 2.20. The van der Waals surface area contributed by atoms with Crippen molar-refractivity contribution in [2.24, 2.45) is 0 Å². The van der Waals surface area contributed by atoms with Gasteiger partial charge in [0.05, 0.1) is 11.6 Å². The third-order valence-electron chi connectivity index (χ3n) is 4.16. The fourth-order valence-electron chi connectivity index (χ4n) is 2.77. The lowest BCUT2D eigenvalue weighted by atomic mass is 10.00. The first-order chi connectivity index (χ1) is 9.20. The second kappa shape index (κ2) is 6.58. The molecule has 1 fully saturated rings. The molecule has 0 amide bonds. The Kier molecular flexibility index (Phi) is 4.81. The molecule has 1 aliphatic rings. The largest absolute Gasteiger partial charge is 0.375 e. The molecular formula is C16H23N3. The van der Waals surface area contributed by atoms with Gasteiger partial charge >= 0.3 is 0 Å². The maximum absolute atomic E-state index is 8.80. The summed E-state index contributed by atoms with van der Waals surface area (Å²) in [6, 6.07) is 10.7. The molecule has 0 aromatic heterocycles. The molecular weight excluding hydrogens is 234 g/mol. The molecule has 1 unspecified atom stereocenters. The zero-order chi connectivity index (χ0) is 13.7. The van der Waals surface area contributed by atoms with Gasteiger partial charge in [-0.1, -0.05) is 6.42 Å². The summed E-state index contributed by atoms with van der Waals surface area (Å²) in [5.41, 5.74) is 1.92. The highest BCUT2D eigenvalue weighted by atomic mass is 15.1. The molecule has 0 aliphatic carbocycles. The smallest absolute Gasteiger partial charge is 0.0991 e. The fourth-order valence-corrected chi connectivity index (χ4v) is 2.77. The minimum Gasteiger partial charge on any atom is -0.375 e. The SMILES string of the molecule is CN(CCC1CCCCN1C)c1ccc(C#N)cc1. The van der Waals surface area contributed by atoms with Crippen molar-refractivity contribution < 1.29 is 0 Å². The van der Waals surface area contributed by atoms with Crippen LogP contribution in [0.5, 0.6) is 0 Å². The van der Waals surface area contributed by atoms with Gasteiger partial charge in [0.25, 0.3) is 0 Å². The third kappa shape index (κ3) is 3.71. The van der Waals surface area contributed by atoms with Crippen molar-refractivity contribution in [2.75, 3.05) is 32.1 Å². The molecule has 19 heavy (non-hydrogen) atoms. The molecule has 3 nitrogen and oxygen atoms in total. The van der Waals surface area contributed by atoms with Crippen molar-refractivity contribution in [1.82, 2.24) is 4.90 Å². The lowest BCUT2D eigenvalue weighted by molar-refractivity contribution is 0.178. The number of hydrogen-bond acceptors (Lipinski definition) is 3. The van der Waals surface area contributed by atoms with E-state index >= 15 is 0 Å². The highest BCUT2D eigenvalue weighted by molar-refractivity contribution is 5.48. The summed E-state index contributed by atoms with van der Waals surface area (Å²) < 4.78 is 0. The summed E-state index contributed by atoms with van der Waals surface area (Å²) >= 11 is 0. The molecule has 0 bridgehead atoms. The molecule has 0 N–H and O–H groups in total. The molecule has 1 aromatic carbocycles. The molecule has 1 heterocycles. The van der Waals surface area contributed by atoms with Crippen LogP contribution in [0.1, 0.15) is 31.2 Å². The van der Waals surface area contributed by atoms with Gasteiger partial charge < -0.3 is 9.80 Å². The molecule has 1 atom stereocenters. The van der Waals surface area contributed by atoms with Crippen LogP contribution >= 0.6 is 0 Å². The summed E-state index contributed by atoms with van der Waals surface area (Å²) in [6.45, 7) is 2.31. The fraction of sp³-hybridized carbons (Fsp3) is 0.562. The Labute approximate surface area is 116 Å². The van der Waals surface area contributed by atoms with Crippen LogP contribution < -0.4 is 4.90 Å². The summed E-state index contributed by atoms with van der Waals surface area (Å²) in [5.74, 6) is 0. The van der Waals surface area contributed by atoms with E-state index in [4.69, 9.17) is 5.26 Å².